The van der Waals surface area contributed by atoms with Crippen LogP contribution in [0, 0.1) is 0 Å². The van der Waals surface area contributed by atoms with Gasteiger partial charge in [0, 0.05) is 19.4 Å². The van der Waals surface area contributed by atoms with Gasteiger partial charge >= 0.3 is 0 Å². The fourth-order valence-electron chi connectivity index (χ4n) is 1.79. The smallest absolute Gasteiger partial charge is 0.194 e. The Morgan fingerprint density at radius 2 is 1.70 bits per heavy atom. The summed E-state index contributed by atoms with van der Waals surface area (Å²) in [5.74, 6) is 1.12. The predicted octanol–water partition coefficient (Wildman–Crippen LogP) is 0.734. The molecule has 0 fully saturated rings. The molecule has 1 aliphatic heterocycles. The van der Waals surface area contributed by atoms with E-state index in [-0.39, 0.29) is 0 Å². The molecule has 20 heavy (non-hydrogen) atoms. The van der Waals surface area contributed by atoms with E-state index in [1.807, 2.05) is 37.4 Å². The molecule has 1 aliphatic rings. The standard InChI is InChI=1S/C13H13N7/c1-14-9-6-4-8-16-11(9)13-19-17-12(18-20-13)10-5-2-3-7-15-10/h2-8,14H,1H3,(H,17,18)(H,19,20). The third-order valence-corrected chi connectivity index (χ3v) is 2.76. The van der Waals surface area contributed by atoms with Gasteiger partial charge in [0.15, 0.2) is 11.7 Å². The van der Waals surface area contributed by atoms with Gasteiger partial charge in [-0.05, 0) is 24.3 Å². The summed E-state index contributed by atoms with van der Waals surface area (Å²) < 4.78 is 0. The number of rotatable bonds is 3. The van der Waals surface area contributed by atoms with Crippen LogP contribution in [-0.2, 0) is 0 Å². The van der Waals surface area contributed by atoms with Crippen LogP contribution in [0.3, 0.4) is 0 Å². The van der Waals surface area contributed by atoms with Crippen LogP contribution in [-0.4, -0.2) is 28.7 Å². The third-order valence-electron chi connectivity index (χ3n) is 2.76. The molecule has 0 amide bonds. The van der Waals surface area contributed by atoms with E-state index in [1.54, 1.807) is 12.4 Å². The number of nitrogens with zero attached hydrogens (tertiary/aromatic N) is 4. The average molecular weight is 267 g/mol. The number of hydrogen-bond donors (Lipinski definition) is 3. The molecule has 3 heterocycles. The second-order valence-corrected chi connectivity index (χ2v) is 4.01. The van der Waals surface area contributed by atoms with Crippen LogP contribution < -0.4 is 16.2 Å². The van der Waals surface area contributed by atoms with Gasteiger partial charge in [-0.25, -0.2) is 0 Å². The highest BCUT2D eigenvalue weighted by Gasteiger charge is 2.15. The quantitative estimate of drug-likeness (QED) is 0.763. The fraction of sp³-hybridized carbons (Fsp3) is 0.0769. The van der Waals surface area contributed by atoms with E-state index in [2.05, 4.69) is 36.3 Å². The van der Waals surface area contributed by atoms with Gasteiger partial charge in [-0.1, -0.05) is 6.07 Å². The maximum atomic E-state index is 4.29. The summed E-state index contributed by atoms with van der Waals surface area (Å²) in [6, 6.07) is 9.37. The molecule has 0 spiro atoms. The Labute approximate surface area is 115 Å². The summed E-state index contributed by atoms with van der Waals surface area (Å²) in [5.41, 5.74) is 8.06. The van der Waals surface area contributed by atoms with E-state index in [1.165, 1.54) is 0 Å². The second-order valence-electron chi connectivity index (χ2n) is 4.01. The summed E-state index contributed by atoms with van der Waals surface area (Å²) >= 11 is 0. The van der Waals surface area contributed by atoms with Crippen LogP contribution in [0.1, 0.15) is 11.4 Å². The highest BCUT2D eigenvalue weighted by molar-refractivity contribution is 6.06. The van der Waals surface area contributed by atoms with E-state index in [0.29, 0.717) is 17.4 Å². The Hall–Kier alpha value is -2.96. The molecule has 0 unspecified atom stereocenters. The fourth-order valence-corrected chi connectivity index (χ4v) is 1.79. The molecule has 3 N–H and O–H groups in total. The van der Waals surface area contributed by atoms with Crippen molar-refractivity contribution < 1.29 is 0 Å². The van der Waals surface area contributed by atoms with E-state index in [0.717, 1.165) is 11.4 Å². The van der Waals surface area contributed by atoms with Gasteiger partial charge in [0.2, 0.25) is 0 Å². The molecule has 2 aromatic rings. The number of amidine groups is 2. The number of hydrazone groups is 2. The SMILES string of the molecule is CNc1cccnc1C1=NNC(c2ccccn2)=NN1. The van der Waals surface area contributed by atoms with Crippen molar-refractivity contribution in [2.75, 3.05) is 12.4 Å². The molecule has 7 nitrogen and oxygen atoms in total. The lowest BCUT2D eigenvalue weighted by Crippen LogP contribution is -2.35. The monoisotopic (exact) mass is 267 g/mol. The van der Waals surface area contributed by atoms with Crippen LogP contribution in [0.5, 0.6) is 0 Å². The Bertz CT molecular complexity index is 663. The highest BCUT2D eigenvalue weighted by atomic mass is 15.5. The molecule has 0 radical (unpaired) electrons. The van der Waals surface area contributed by atoms with Gasteiger partial charge in [0.05, 0.1) is 5.69 Å². The zero-order chi connectivity index (χ0) is 13.8. The van der Waals surface area contributed by atoms with Crippen LogP contribution in [0.4, 0.5) is 5.69 Å². The van der Waals surface area contributed by atoms with Crippen molar-refractivity contribution in [2.45, 2.75) is 0 Å². The van der Waals surface area contributed by atoms with Crippen LogP contribution in [0.25, 0.3) is 0 Å². The van der Waals surface area contributed by atoms with Gasteiger partial charge < -0.3 is 5.32 Å². The van der Waals surface area contributed by atoms with Crippen molar-refractivity contribution in [1.29, 1.82) is 0 Å². The summed E-state index contributed by atoms with van der Waals surface area (Å²) in [6.07, 6.45) is 3.41. The molecule has 0 saturated carbocycles. The second kappa shape index (κ2) is 5.35. The van der Waals surface area contributed by atoms with Crippen molar-refractivity contribution in [3.8, 4) is 0 Å². The summed E-state index contributed by atoms with van der Waals surface area (Å²) in [7, 11) is 1.83. The van der Waals surface area contributed by atoms with Crippen molar-refractivity contribution in [3.63, 3.8) is 0 Å². The molecule has 0 atom stereocenters. The zero-order valence-electron chi connectivity index (χ0n) is 10.8. The molecule has 7 heteroatoms. The molecule has 100 valence electrons. The molecule has 0 aromatic carbocycles. The largest absolute Gasteiger partial charge is 0.386 e. The number of anilines is 1. The first-order valence-corrected chi connectivity index (χ1v) is 6.10. The molecule has 0 aliphatic carbocycles. The molecular formula is C13H13N7. The van der Waals surface area contributed by atoms with Gasteiger partial charge in [-0.15, -0.1) is 0 Å². The number of hydrogen-bond acceptors (Lipinski definition) is 7. The summed E-state index contributed by atoms with van der Waals surface area (Å²) in [5, 5.41) is 11.5. The van der Waals surface area contributed by atoms with Crippen molar-refractivity contribution in [2.24, 2.45) is 10.2 Å². The zero-order valence-corrected chi connectivity index (χ0v) is 10.8. The lowest BCUT2D eigenvalue weighted by molar-refractivity contribution is 0.873. The predicted molar refractivity (Wildman–Crippen MR) is 77.4 cm³/mol. The van der Waals surface area contributed by atoms with E-state index in [9.17, 15) is 0 Å². The first-order chi connectivity index (χ1) is 9.88. The van der Waals surface area contributed by atoms with Gasteiger partial charge in [-0.3, -0.25) is 20.8 Å². The number of nitrogens with one attached hydrogen (secondary N) is 3. The van der Waals surface area contributed by atoms with Crippen LogP contribution >= 0.6 is 0 Å². The molecule has 0 saturated heterocycles. The van der Waals surface area contributed by atoms with E-state index >= 15 is 0 Å². The van der Waals surface area contributed by atoms with Crippen molar-refractivity contribution in [3.05, 3.63) is 54.1 Å². The maximum Gasteiger partial charge on any atom is 0.194 e. The maximum absolute atomic E-state index is 4.29. The molecule has 2 aromatic heterocycles. The van der Waals surface area contributed by atoms with Gasteiger partial charge in [0.25, 0.3) is 0 Å². The Balaban J connectivity index is 1.83. The van der Waals surface area contributed by atoms with Crippen molar-refractivity contribution in [1.82, 2.24) is 20.8 Å². The Morgan fingerprint density at radius 3 is 2.40 bits per heavy atom. The van der Waals surface area contributed by atoms with E-state index < -0.39 is 0 Å². The normalized spacial score (nSPS) is 13.7. The van der Waals surface area contributed by atoms with Gasteiger partial charge in [-0.2, -0.15) is 10.2 Å². The summed E-state index contributed by atoms with van der Waals surface area (Å²) in [6.45, 7) is 0. The lowest BCUT2D eigenvalue weighted by atomic mass is 10.2. The minimum Gasteiger partial charge on any atom is -0.386 e. The van der Waals surface area contributed by atoms with Crippen molar-refractivity contribution >= 4 is 17.4 Å². The first-order valence-electron chi connectivity index (χ1n) is 6.10. The number of pyridine rings is 2. The Kier molecular flexibility index (Phi) is 3.24. The minimum absolute atomic E-state index is 0.551. The molecular weight excluding hydrogens is 254 g/mol. The molecule has 0 bridgehead atoms. The first kappa shape index (κ1) is 12.1. The van der Waals surface area contributed by atoms with Crippen LogP contribution in [0.2, 0.25) is 0 Å². The Morgan fingerprint density at radius 1 is 0.900 bits per heavy atom. The third kappa shape index (κ3) is 2.28. The number of aromatic nitrogens is 2. The van der Waals surface area contributed by atoms with E-state index in [4.69, 9.17) is 0 Å². The minimum atomic E-state index is 0.551. The highest BCUT2D eigenvalue weighted by Crippen LogP contribution is 2.12. The van der Waals surface area contributed by atoms with Crippen LogP contribution in [0.15, 0.2) is 52.9 Å². The molecule has 3 rings (SSSR count). The average Bonchev–Trinajstić information content (AvgIpc) is 2.56. The topological polar surface area (TPSA) is 86.6 Å². The lowest BCUT2D eigenvalue weighted by Gasteiger charge is -2.15. The summed E-state index contributed by atoms with van der Waals surface area (Å²) in [4.78, 5) is 8.49. The van der Waals surface area contributed by atoms with Gasteiger partial charge in [0.1, 0.15) is 11.4 Å².